The third-order valence-corrected chi connectivity index (χ3v) is 7.37. The molecule has 2 bridgehead atoms. The number of nitrogens with one attached hydrogen (secondary N) is 1. The number of hydrogen-bond donors (Lipinski definition) is 1. The maximum absolute atomic E-state index is 13.4. The molecule has 2 aromatic carbocycles. The summed E-state index contributed by atoms with van der Waals surface area (Å²) in [4.78, 5) is 26.1. The Labute approximate surface area is 221 Å². The largest absolute Gasteiger partial charge is 0.463 e. The Hall–Kier alpha value is -3.12. The first-order chi connectivity index (χ1) is 18.1. The van der Waals surface area contributed by atoms with Gasteiger partial charge in [0.25, 0.3) is 0 Å². The van der Waals surface area contributed by atoms with Gasteiger partial charge in [0, 0.05) is 13.5 Å². The minimum Gasteiger partial charge on any atom is -0.463 e. The van der Waals surface area contributed by atoms with Gasteiger partial charge >= 0.3 is 18.3 Å². The summed E-state index contributed by atoms with van der Waals surface area (Å²) in [5.74, 6) is -0.790. The van der Waals surface area contributed by atoms with E-state index >= 15 is 0 Å². The van der Waals surface area contributed by atoms with E-state index in [4.69, 9.17) is 9.47 Å². The second-order valence-electron chi connectivity index (χ2n) is 10.2. The molecule has 12 heteroatoms. The van der Waals surface area contributed by atoms with Crippen molar-refractivity contribution in [1.82, 2.24) is 10.2 Å². The third kappa shape index (κ3) is 6.22. The van der Waals surface area contributed by atoms with Crippen molar-refractivity contribution in [2.45, 2.75) is 56.2 Å². The molecule has 1 N–H and O–H groups in total. The van der Waals surface area contributed by atoms with Gasteiger partial charge in [-0.3, -0.25) is 14.5 Å². The first kappa shape index (κ1) is 28.9. The van der Waals surface area contributed by atoms with E-state index in [0.717, 1.165) is 5.56 Å². The van der Waals surface area contributed by atoms with E-state index in [1.807, 2.05) is 17.0 Å². The lowest BCUT2D eigenvalue weighted by molar-refractivity contribution is -0.157. The van der Waals surface area contributed by atoms with Gasteiger partial charge in [0.15, 0.2) is 0 Å². The fourth-order valence-corrected chi connectivity index (χ4v) is 5.31. The summed E-state index contributed by atoms with van der Waals surface area (Å²) in [6.07, 6.45) is -10.3. The fraction of sp³-hybridized carbons (Fsp3) is 0.481. The highest BCUT2D eigenvalue weighted by Gasteiger charge is 2.53. The Balaban J connectivity index is 1.65. The molecule has 2 aliphatic rings. The first-order valence-electron chi connectivity index (χ1n) is 12.3. The number of fused-ring (bicyclic) bond motifs is 2. The van der Waals surface area contributed by atoms with E-state index in [0.29, 0.717) is 31.5 Å². The molecule has 1 unspecified atom stereocenters. The van der Waals surface area contributed by atoms with Gasteiger partial charge in [0.2, 0.25) is 5.91 Å². The summed E-state index contributed by atoms with van der Waals surface area (Å²) in [5, 5.41) is 2.93. The topological polar surface area (TPSA) is 67.9 Å². The molecule has 0 spiro atoms. The van der Waals surface area contributed by atoms with Crippen molar-refractivity contribution >= 4 is 11.9 Å². The van der Waals surface area contributed by atoms with Crippen LogP contribution in [0.15, 0.2) is 48.5 Å². The number of amides is 1. The van der Waals surface area contributed by atoms with Gasteiger partial charge in [-0.25, -0.2) is 0 Å². The van der Waals surface area contributed by atoms with Crippen molar-refractivity contribution in [3.63, 3.8) is 0 Å². The van der Waals surface area contributed by atoms with Gasteiger partial charge in [0.1, 0.15) is 6.61 Å². The number of carbonyl (C=O) groups is 2. The molecule has 1 amide bonds. The van der Waals surface area contributed by atoms with E-state index in [1.54, 1.807) is 18.2 Å². The zero-order valence-electron chi connectivity index (χ0n) is 21.3. The average molecular weight is 559 g/mol. The molecule has 4 atom stereocenters. The summed E-state index contributed by atoms with van der Waals surface area (Å²) in [6.45, 7) is 2.81. The first-order valence-corrected chi connectivity index (χ1v) is 12.3. The maximum Gasteiger partial charge on any atom is 0.416 e. The van der Waals surface area contributed by atoms with Gasteiger partial charge in [-0.2, -0.15) is 26.3 Å². The monoisotopic (exact) mass is 558 g/mol. The number of halogens is 6. The molecule has 2 fully saturated rings. The van der Waals surface area contributed by atoms with Crippen LogP contribution in [0.2, 0.25) is 0 Å². The van der Waals surface area contributed by atoms with Crippen molar-refractivity contribution in [2.75, 3.05) is 26.3 Å². The lowest BCUT2D eigenvalue weighted by atomic mass is 9.73. The second kappa shape index (κ2) is 10.5. The van der Waals surface area contributed by atoms with Crippen molar-refractivity contribution in [3.8, 4) is 0 Å². The molecule has 2 heterocycles. The van der Waals surface area contributed by atoms with Crippen LogP contribution in [-0.2, 0) is 37.0 Å². The molecule has 0 saturated carbocycles. The lowest BCUT2D eigenvalue weighted by Crippen LogP contribution is -2.73. The molecule has 0 aromatic heterocycles. The number of rotatable bonds is 7. The molecule has 2 aliphatic heterocycles. The number of carbonyl (C=O) groups excluding carboxylic acids is 2. The number of nitrogens with zero attached hydrogens (tertiary/aromatic N) is 1. The number of piperidine rings is 1. The van der Waals surface area contributed by atoms with Crippen molar-refractivity contribution in [2.24, 2.45) is 0 Å². The highest BCUT2D eigenvalue weighted by Crippen LogP contribution is 2.44. The molecule has 6 nitrogen and oxygen atoms in total. The zero-order chi connectivity index (χ0) is 28.6. The van der Waals surface area contributed by atoms with Gasteiger partial charge in [-0.05, 0) is 49.1 Å². The molecule has 212 valence electrons. The number of alkyl halides is 6. The van der Waals surface area contributed by atoms with Crippen molar-refractivity contribution < 1.29 is 45.4 Å². The van der Waals surface area contributed by atoms with Crippen LogP contribution in [0.25, 0.3) is 0 Å². The van der Waals surface area contributed by atoms with E-state index < -0.39 is 46.6 Å². The van der Waals surface area contributed by atoms with Crippen molar-refractivity contribution in [1.29, 1.82) is 0 Å². The van der Waals surface area contributed by atoms with Crippen LogP contribution in [-0.4, -0.2) is 48.6 Å². The molecule has 0 aliphatic carbocycles. The molecule has 2 saturated heterocycles. The number of piperazine rings is 1. The van der Waals surface area contributed by atoms with Gasteiger partial charge < -0.3 is 14.8 Å². The SMILES string of the molecule is CC(=O)OC[C@]12CC[C@@](CO[C@H](C)c3cc(C(F)(F)F)cc(C(F)(F)F)c3)(c3ccccc3)N(CC(=O)N1)C2. The Morgan fingerprint density at radius 2 is 1.62 bits per heavy atom. The summed E-state index contributed by atoms with van der Waals surface area (Å²) >= 11 is 0. The minimum absolute atomic E-state index is 0.0176. The molecular formula is C27H28F6N2O4. The number of esters is 1. The number of ether oxygens (including phenoxy) is 2. The Bertz CT molecular complexity index is 1190. The molecular weight excluding hydrogens is 530 g/mol. The number of benzene rings is 2. The minimum atomic E-state index is -4.98. The van der Waals surface area contributed by atoms with Crippen LogP contribution in [0.1, 0.15) is 55.0 Å². The van der Waals surface area contributed by atoms with Crippen LogP contribution in [0.3, 0.4) is 0 Å². The highest BCUT2D eigenvalue weighted by molar-refractivity contribution is 5.80. The summed E-state index contributed by atoms with van der Waals surface area (Å²) in [5.41, 5.74) is -4.04. The molecule has 2 aromatic rings. The van der Waals surface area contributed by atoms with E-state index in [2.05, 4.69) is 5.32 Å². The lowest BCUT2D eigenvalue weighted by Gasteiger charge is -2.56. The van der Waals surface area contributed by atoms with Gasteiger partial charge in [0.05, 0.1) is 41.5 Å². The summed E-state index contributed by atoms with van der Waals surface area (Å²) in [6, 6.07) is 10.5. The van der Waals surface area contributed by atoms with Crippen LogP contribution in [0.5, 0.6) is 0 Å². The van der Waals surface area contributed by atoms with Crippen LogP contribution in [0.4, 0.5) is 26.3 Å². The summed E-state index contributed by atoms with van der Waals surface area (Å²) < 4.78 is 91.6. The molecule has 4 rings (SSSR count). The Kier molecular flexibility index (Phi) is 7.74. The third-order valence-electron chi connectivity index (χ3n) is 7.37. The zero-order valence-corrected chi connectivity index (χ0v) is 21.3. The Morgan fingerprint density at radius 3 is 2.18 bits per heavy atom. The smallest absolute Gasteiger partial charge is 0.416 e. The summed E-state index contributed by atoms with van der Waals surface area (Å²) in [7, 11) is 0. The Morgan fingerprint density at radius 1 is 1.00 bits per heavy atom. The predicted molar refractivity (Wildman–Crippen MR) is 127 cm³/mol. The van der Waals surface area contributed by atoms with Gasteiger partial charge in [-0.15, -0.1) is 0 Å². The molecule has 39 heavy (non-hydrogen) atoms. The van der Waals surface area contributed by atoms with Crippen molar-refractivity contribution in [3.05, 3.63) is 70.8 Å². The van der Waals surface area contributed by atoms with Crippen LogP contribution >= 0.6 is 0 Å². The highest BCUT2D eigenvalue weighted by atomic mass is 19.4. The average Bonchev–Trinajstić information content (AvgIpc) is 2.86. The quantitative estimate of drug-likeness (QED) is 0.373. The van der Waals surface area contributed by atoms with E-state index in [-0.39, 0.29) is 37.3 Å². The van der Waals surface area contributed by atoms with E-state index in [9.17, 15) is 35.9 Å². The van der Waals surface area contributed by atoms with Crippen LogP contribution in [0, 0.1) is 0 Å². The second-order valence-corrected chi connectivity index (χ2v) is 10.2. The molecule has 0 radical (unpaired) electrons. The van der Waals surface area contributed by atoms with Gasteiger partial charge in [-0.1, -0.05) is 30.3 Å². The normalized spacial score (nSPS) is 26.1. The predicted octanol–water partition coefficient (Wildman–Crippen LogP) is 5.22. The standard InChI is InChI=1S/C27H28F6N2O4/c1-17(19-10-21(26(28,29)30)12-22(11-19)27(31,32)33)38-16-25(20-6-4-3-5-7-20)9-8-24(15-39-18(2)36)14-35(25)13-23(37)34-24/h3-7,10-12,17H,8-9,13-16H2,1-2H3,(H,34,37)/t17-,24-,25-/m1/s1. The fourth-order valence-electron chi connectivity index (χ4n) is 5.31. The van der Waals surface area contributed by atoms with Crippen LogP contribution < -0.4 is 5.32 Å². The van der Waals surface area contributed by atoms with E-state index in [1.165, 1.54) is 13.8 Å². The maximum atomic E-state index is 13.4. The number of hydrogen-bond acceptors (Lipinski definition) is 5.